The summed E-state index contributed by atoms with van der Waals surface area (Å²) in [5, 5.41) is 0.0671. The second-order valence-corrected chi connectivity index (χ2v) is 3.79. The number of rotatable bonds is 4. The lowest BCUT2D eigenvalue weighted by atomic mass is 10.2. The topological polar surface area (TPSA) is 3.24 Å². The SMILES string of the molecule is C=CCN(CC(F)(F)F)c1cc(F)ccc1Cl. The lowest BCUT2D eigenvalue weighted by Crippen LogP contribution is -2.34. The predicted octanol–water partition coefficient (Wildman–Crippen LogP) is 4.03. The van der Waals surface area contributed by atoms with Gasteiger partial charge in [-0.2, -0.15) is 13.2 Å². The van der Waals surface area contributed by atoms with Crippen LogP contribution in [-0.4, -0.2) is 19.3 Å². The fraction of sp³-hybridized carbons (Fsp3) is 0.273. The van der Waals surface area contributed by atoms with Gasteiger partial charge in [0.05, 0.1) is 10.7 Å². The zero-order valence-corrected chi connectivity index (χ0v) is 9.52. The van der Waals surface area contributed by atoms with Crippen LogP contribution < -0.4 is 4.90 Å². The van der Waals surface area contributed by atoms with E-state index in [-0.39, 0.29) is 17.3 Å². The number of benzene rings is 1. The van der Waals surface area contributed by atoms with Gasteiger partial charge in [-0.1, -0.05) is 17.7 Å². The first-order valence-corrected chi connectivity index (χ1v) is 5.09. The molecule has 0 unspecified atom stereocenters. The van der Waals surface area contributed by atoms with Gasteiger partial charge in [0.2, 0.25) is 0 Å². The number of hydrogen-bond acceptors (Lipinski definition) is 1. The molecule has 0 N–H and O–H groups in total. The summed E-state index contributed by atoms with van der Waals surface area (Å²) in [5.74, 6) is -0.638. The maximum atomic E-state index is 13.0. The fourth-order valence-electron chi connectivity index (χ4n) is 1.35. The highest BCUT2D eigenvalue weighted by Gasteiger charge is 2.31. The Hall–Kier alpha value is -1.23. The van der Waals surface area contributed by atoms with E-state index in [9.17, 15) is 17.6 Å². The molecule has 94 valence electrons. The van der Waals surface area contributed by atoms with Crippen molar-refractivity contribution in [3.63, 3.8) is 0 Å². The van der Waals surface area contributed by atoms with Gasteiger partial charge < -0.3 is 4.90 Å². The molecule has 1 nitrogen and oxygen atoms in total. The summed E-state index contributed by atoms with van der Waals surface area (Å²) in [6.45, 7) is 2.09. The number of alkyl halides is 3. The first kappa shape index (κ1) is 13.8. The minimum atomic E-state index is -4.39. The molecule has 0 heterocycles. The van der Waals surface area contributed by atoms with Crippen molar-refractivity contribution in [3.05, 3.63) is 41.7 Å². The van der Waals surface area contributed by atoms with Gasteiger partial charge >= 0.3 is 6.18 Å². The Balaban J connectivity index is 3.04. The molecule has 0 amide bonds. The van der Waals surface area contributed by atoms with Gasteiger partial charge in [0.25, 0.3) is 0 Å². The molecule has 0 radical (unpaired) electrons. The molecule has 0 spiro atoms. The molecule has 1 aromatic rings. The average Bonchev–Trinajstić information content (AvgIpc) is 2.19. The minimum Gasteiger partial charge on any atom is -0.357 e. The van der Waals surface area contributed by atoms with E-state index >= 15 is 0 Å². The van der Waals surface area contributed by atoms with E-state index in [2.05, 4.69) is 6.58 Å². The van der Waals surface area contributed by atoms with Gasteiger partial charge in [-0.15, -0.1) is 6.58 Å². The molecule has 1 aromatic carbocycles. The molecule has 0 aliphatic rings. The molecule has 0 aliphatic carbocycles. The van der Waals surface area contributed by atoms with Gasteiger partial charge in [-0.05, 0) is 18.2 Å². The summed E-state index contributed by atoms with van der Waals surface area (Å²) in [6, 6.07) is 3.28. The Bertz CT molecular complexity index is 403. The largest absolute Gasteiger partial charge is 0.405 e. The lowest BCUT2D eigenvalue weighted by molar-refractivity contribution is -0.119. The first-order valence-electron chi connectivity index (χ1n) is 4.71. The third-order valence-electron chi connectivity index (χ3n) is 1.97. The van der Waals surface area contributed by atoms with Gasteiger partial charge in [-0.25, -0.2) is 4.39 Å². The molecule has 0 atom stereocenters. The van der Waals surface area contributed by atoms with E-state index in [0.29, 0.717) is 0 Å². The highest BCUT2D eigenvalue weighted by Crippen LogP contribution is 2.29. The van der Waals surface area contributed by atoms with E-state index in [1.54, 1.807) is 0 Å². The van der Waals surface area contributed by atoms with Crippen LogP contribution in [0.5, 0.6) is 0 Å². The van der Waals surface area contributed by atoms with Crippen LogP contribution in [0.15, 0.2) is 30.9 Å². The van der Waals surface area contributed by atoms with Crippen molar-refractivity contribution in [2.75, 3.05) is 18.0 Å². The summed E-state index contributed by atoms with van der Waals surface area (Å²) >= 11 is 5.75. The monoisotopic (exact) mass is 267 g/mol. The van der Waals surface area contributed by atoms with E-state index in [1.165, 1.54) is 12.1 Å². The highest BCUT2D eigenvalue weighted by molar-refractivity contribution is 6.33. The molecule has 0 saturated carbocycles. The standard InChI is InChI=1S/C11H10ClF4N/c1-2-5-17(7-11(14,15)16)10-6-8(13)3-4-9(10)12/h2-4,6H,1,5,7H2. The summed E-state index contributed by atoms with van der Waals surface area (Å²) in [4.78, 5) is 0.915. The average molecular weight is 268 g/mol. The molecule has 17 heavy (non-hydrogen) atoms. The van der Waals surface area contributed by atoms with E-state index < -0.39 is 18.5 Å². The minimum absolute atomic E-state index is 0.00360. The molecule has 1 rings (SSSR count). The van der Waals surface area contributed by atoms with Crippen LogP contribution in [0.2, 0.25) is 5.02 Å². The number of hydrogen-bond donors (Lipinski definition) is 0. The highest BCUT2D eigenvalue weighted by atomic mass is 35.5. The maximum Gasteiger partial charge on any atom is 0.405 e. The summed E-state index contributed by atoms with van der Waals surface area (Å²) < 4.78 is 50.0. The number of nitrogens with zero attached hydrogens (tertiary/aromatic N) is 1. The van der Waals surface area contributed by atoms with E-state index in [4.69, 9.17) is 11.6 Å². The Kier molecular flexibility index (Phi) is 4.40. The Morgan fingerprint density at radius 2 is 2.00 bits per heavy atom. The molecule has 0 aromatic heterocycles. The third kappa shape index (κ3) is 4.26. The van der Waals surface area contributed by atoms with E-state index in [1.807, 2.05) is 0 Å². The van der Waals surface area contributed by atoms with Crippen LogP contribution in [0.3, 0.4) is 0 Å². The zero-order valence-electron chi connectivity index (χ0n) is 8.77. The Morgan fingerprint density at radius 3 is 2.53 bits per heavy atom. The predicted molar refractivity (Wildman–Crippen MR) is 59.9 cm³/mol. The van der Waals surface area contributed by atoms with Gasteiger partial charge in [-0.3, -0.25) is 0 Å². The molecule has 6 heteroatoms. The second kappa shape index (κ2) is 5.40. The van der Waals surface area contributed by atoms with Crippen molar-refractivity contribution in [1.82, 2.24) is 0 Å². The van der Waals surface area contributed by atoms with Crippen molar-refractivity contribution < 1.29 is 17.6 Å². The Labute approximate surface area is 101 Å². The Morgan fingerprint density at radius 1 is 1.35 bits per heavy atom. The van der Waals surface area contributed by atoms with Crippen LogP contribution in [0.25, 0.3) is 0 Å². The second-order valence-electron chi connectivity index (χ2n) is 3.38. The summed E-state index contributed by atoms with van der Waals surface area (Å²) in [6.07, 6.45) is -3.09. The molecule has 0 saturated heterocycles. The van der Waals surface area contributed by atoms with Crippen LogP contribution in [0, 0.1) is 5.82 Å². The van der Waals surface area contributed by atoms with Gasteiger partial charge in [0.1, 0.15) is 12.4 Å². The summed E-state index contributed by atoms with van der Waals surface area (Å²) in [7, 11) is 0. The normalized spacial score (nSPS) is 11.4. The van der Waals surface area contributed by atoms with Gasteiger partial charge in [0.15, 0.2) is 0 Å². The van der Waals surface area contributed by atoms with Crippen molar-refractivity contribution in [3.8, 4) is 0 Å². The number of halogens is 5. The van der Waals surface area contributed by atoms with Crippen LogP contribution in [0.1, 0.15) is 0 Å². The van der Waals surface area contributed by atoms with Crippen LogP contribution in [0.4, 0.5) is 23.2 Å². The lowest BCUT2D eigenvalue weighted by Gasteiger charge is -2.25. The van der Waals surface area contributed by atoms with Crippen molar-refractivity contribution in [2.45, 2.75) is 6.18 Å². The third-order valence-corrected chi connectivity index (χ3v) is 2.29. The molecule has 0 aliphatic heterocycles. The smallest absolute Gasteiger partial charge is 0.357 e. The van der Waals surface area contributed by atoms with Crippen LogP contribution in [-0.2, 0) is 0 Å². The molecule has 0 bridgehead atoms. The molecule has 0 fully saturated rings. The first-order chi connectivity index (χ1) is 7.83. The van der Waals surface area contributed by atoms with E-state index in [0.717, 1.165) is 17.0 Å². The summed E-state index contributed by atoms with van der Waals surface area (Å²) in [5.41, 5.74) is 0.00360. The van der Waals surface area contributed by atoms with Crippen molar-refractivity contribution in [1.29, 1.82) is 0 Å². The van der Waals surface area contributed by atoms with Crippen molar-refractivity contribution in [2.24, 2.45) is 0 Å². The quantitative estimate of drug-likeness (QED) is 0.588. The maximum absolute atomic E-state index is 13.0. The fourth-order valence-corrected chi connectivity index (χ4v) is 1.59. The number of anilines is 1. The van der Waals surface area contributed by atoms with Gasteiger partial charge in [0, 0.05) is 6.54 Å². The zero-order chi connectivity index (χ0) is 13.1. The molecular formula is C11H10ClF4N. The molecular weight excluding hydrogens is 258 g/mol. The van der Waals surface area contributed by atoms with Crippen LogP contribution >= 0.6 is 11.6 Å². The van der Waals surface area contributed by atoms with Crippen molar-refractivity contribution >= 4 is 17.3 Å².